The fourth-order valence-electron chi connectivity index (χ4n) is 1.10. The molecule has 0 aliphatic rings. The molecule has 0 spiro atoms. The summed E-state index contributed by atoms with van der Waals surface area (Å²) in [4.78, 5) is 4.28. The van der Waals surface area contributed by atoms with Crippen molar-refractivity contribution < 1.29 is 0 Å². The third kappa shape index (κ3) is 11.5. The van der Waals surface area contributed by atoms with Gasteiger partial charge in [0.15, 0.2) is 0 Å². The second kappa shape index (κ2) is 11.5. The van der Waals surface area contributed by atoms with Gasteiger partial charge in [-0.3, -0.25) is 4.99 Å². The average molecular weight is 184 g/mol. The Kier molecular flexibility index (Phi) is 11.0. The smallest absolute Gasteiger partial charge is 0.0823 e. The molecule has 0 aromatic rings. The Morgan fingerprint density at radius 3 is 2.46 bits per heavy atom. The Bertz CT molecular complexity index is 111. The fraction of sp³-hybridized carbons (Fsp3) is 0.909. The lowest BCUT2D eigenvalue weighted by atomic mass is 10.2. The van der Waals surface area contributed by atoms with E-state index >= 15 is 0 Å². The summed E-state index contributed by atoms with van der Waals surface area (Å²) in [5.41, 5.74) is 0. The second-order valence-electron chi connectivity index (χ2n) is 3.40. The summed E-state index contributed by atoms with van der Waals surface area (Å²) in [5.74, 6) is 0. The molecule has 0 aromatic carbocycles. The topological polar surface area (TPSA) is 24.4 Å². The van der Waals surface area contributed by atoms with Gasteiger partial charge in [0.05, 0.1) is 6.34 Å². The van der Waals surface area contributed by atoms with Crippen LogP contribution >= 0.6 is 0 Å². The van der Waals surface area contributed by atoms with E-state index in [1.165, 1.54) is 38.5 Å². The van der Waals surface area contributed by atoms with Crippen molar-refractivity contribution in [3.63, 3.8) is 0 Å². The number of hydrogen-bond acceptors (Lipinski definition) is 1. The Morgan fingerprint density at radius 2 is 1.77 bits per heavy atom. The Balaban J connectivity index is 2.95. The summed E-state index contributed by atoms with van der Waals surface area (Å²) in [7, 11) is 0. The van der Waals surface area contributed by atoms with E-state index in [1.54, 1.807) is 0 Å². The van der Waals surface area contributed by atoms with E-state index < -0.39 is 0 Å². The third-order valence-corrected chi connectivity index (χ3v) is 2.00. The van der Waals surface area contributed by atoms with Crippen molar-refractivity contribution in [1.82, 2.24) is 5.32 Å². The van der Waals surface area contributed by atoms with Crippen LogP contribution in [0.5, 0.6) is 0 Å². The van der Waals surface area contributed by atoms with Gasteiger partial charge in [-0.05, 0) is 12.8 Å². The molecule has 0 aliphatic carbocycles. The normalized spacial score (nSPS) is 10.9. The number of rotatable bonds is 9. The fourth-order valence-corrected chi connectivity index (χ4v) is 1.10. The van der Waals surface area contributed by atoms with Crippen molar-refractivity contribution >= 4 is 6.34 Å². The molecule has 1 N–H and O–H groups in total. The van der Waals surface area contributed by atoms with Gasteiger partial charge in [-0.15, -0.1) is 0 Å². The molecule has 2 heteroatoms. The van der Waals surface area contributed by atoms with Gasteiger partial charge in [0.25, 0.3) is 0 Å². The maximum Gasteiger partial charge on any atom is 0.0823 e. The summed E-state index contributed by atoms with van der Waals surface area (Å²) < 4.78 is 0. The van der Waals surface area contributed by atoms with Crippen molar-refractivity contribution in [3.05, 3.63) is 0 Å². The van der Waals surface area contributed by atoms with Gasteiger partial charge in [-0.2, -0.15) is 0 Å². The van der Waals surface area contributed by atoms with Gasteiger partial charge in [-0.1, -0.05) is 39.5 Å². The van der Waals surface area contributed by atoms with E-state index in [1.807, 2.05) is 6.34 Å². The van der Waals surface area contributed by atoms with Crippen molar-refractivity contribution in [3.8, 4) is 0 Å². The van der Waals surface area contributed by atoms with E-state index in [2.05, 4.69) is 24.2 Å². The van der Waals surface area contributed by atoms with Gasteiger partial charge in [0.2, 0.25) is 0 Å². The standard InChI is InChI=1S/C11H24N2/c1-3-5-7-8-10-13-11-12-9-6-4-2/h11H,3-10H2,1-2H3,(H,12,13). The van der Waals surface area contributed by atoms with E-state index in [0.717, 1.165) is 13.1 Å². The zero-order valence-electron chi connectivity index (χ0n) is 9.18. The maximum absolute atomic E-state index is 4.28. The highest BCUT2D eigenvalue weighted by atomic mass is 14.9. The van der Waals surface area contributed by atoms with Crippen molar-refractivity contribution in [2.75, 3.05) is 13.1 Å². The number of nitrogens with zero attached hydrogens (tertiary/aromatic N) is 1. The first kappa shape index (κ1) is 12.5. The Morgan fingerprint density at radius 1 is 1.00 bits per heavy atom. The van der Waals surface area contributed by atoms with Crippen LogP contribution in [0.3, 0.4) is 0 Å². The molecule has 0 bridgehead atoms. The molecule has 13 heavy (non-hydrogen) atoms. The molecule has 0 unspecified atom stereocenters. The molecule has 0 fully saturated rings. The molecule has 2 nitrogen and oxygen atoms in total. The van der Waals surface area contributed by atoms with Crippen LogP contribution in [0.2, 0.25) is 0 Å². The van der Waals surface area contributed by atoms with Gasteiger partial charge in [-0.25, -0.2) is 0 Å². The van der Waals surface area contributed by atoms with E-state index in [0.29, 0.717) is 0 Å². The van der Waals surface area contributed by atoms with Crippen LogP contribution in [0.4, 0.5) is 0 Å². The third-order valence-electron chi connectivity index (χ3n) is 2.00. The van der Waals surface area contributed by atoms with Crippen LogP contribution in [0.1, 0.15) is 52.4 Å². The molecule has 0 heterocycles. The first-order chi connectivity index (χ1) is 6.41. The summed E-state index contributed by atoms with van der Waals surface area (Å²) >= 11 is 0. The zero-order chi connectivity index (χ0) is 9.78. The highest BCUT2D eigenvalue weighted by Gasteiger charge is 1.84. The first-order valence-corrected chi connectivity index (χ1v) is 5.63. The van der Waals surface area contributed by atoms with E-state index in [4.69, 9.17) is 0 Å². The lowest BCUT2D eigenvalue weighted by Crippen LogP contribution is -2.12. The molecule has 0 amide bonds. The summed E-state index contributed by atoms with van der Waals surface area (Å²) in [6.07, 6.45) is 9.56. The summed E-state index contributed by atoms with van der Waals surface area (Å²) in [6, 6.07) is 0. The quantitative estimate of drug-likeness (QED) is 0.332. The van der Waals surface area contributed by atoms with Crippen LogP contribution in [0.25, 0.3) is 0 Å². The van der Waals surface area contributed by atoms with Crippen LogP contribution in [-0.4, -0.2) is 19.4 Å². The lowest BCUT2D eigenvalue weighted by molar-refractivity contribution is 0.674. The van der Waals surface area contributed by atoms with Crippen molar-refractivity contribution in [2.24, 2.45) is 4.99 Å². The summed E-state index contributed by atoms with van der Waals surface area (Å²) in [6.45, 7) is 6.48. The van der Waals surface area contributed by atoms with Crippen molar-refractivity contribution in [1.29, 1.82) is 0 Å². The summed E-state index contributed by atoms with van der Waals surface area (Å²) in [5, 5.41) is 3.19. The van der Waals surface area contributed by atoms with Crippen LogP contribution < -0.4 is 5.32 Å². The van der Waals surface area contributed by atoms with Crippen LogP contribution in [0.15, 0.2) is 4.99 Å². The minimum atomic E-state index is 0.985. The molecule has 0 rings (SSSR count). The number of unbranched alkanes of at least 4 members (excludes halogenated alkanes) is 4. The van der Waals surface area contributed by atoms with Crippen LogP contribution in [0, 0.1) is 0 Å². The van der Waals surface area contributed by atoms with Gasteiger partial charge >= 0.3 is 0 Å². The highest BCUT2D eigenvalue weighted by molar-refractivity contribution is 5.53. The molecular formula is C11H24N2. The van der Waals surface area contributed by atoms with E-state index in [9.17, 15) is 0 Å². The molecule has 0 atom stereocenters. The zero-order valence-corrected chi connectivity index (χ0v) is 9.18. The number of nitrogens with one attached hydrogen (secondary N) is 1. The van der Waals surface area contributed by atoms with Gasteiger partial charge < -0.3 is 5.32 Å². The molecule has 0 aliphatic heterocycles. The molecule has 0 aromatic heterocycles. The highest BCUT2D eigenvalue weighted by Crippen LogP contribution is 1.97. The largest absolute Gasteiger partial charge is 0.376 e. The first-order valence-electron chi connectivity index (χ1n) is 5.63. The predicted octanol–water partition coefficient (Wildman–Crippen LogP) is 2.98. The van der Waals surface area contributed by atoms with Crippen LogP contribution in [-0.2, 0) is 0 Å². The molecular weight excluding hydrogens is 160 g/mol. The van der Waals surface area contributed by atoms with Gasteiger partial charge in [0.1, 0.15) is 0 Å². The van der Waals surface area contributed by atoms with Crippen molar-refractivity contribution in [2.45, 2.75) is 52.4 Å². The van der Waals surface area contributed by atoms with E-state index in [-0.39, 0.29) is 0 Å². The lowest BCUT2D eigenvalue weighted by Gasteiger charge is -1.97. The molecule has 0 saturated heterocycles. The number of hydrogen-bond donors (Lipinski definition) is 1. The maximum atomic E-state index is 4.28. The minimum absolute atomic E-state index is 0.985. The minimum Gasteiger partial charge on any atom is -0.376 e. The molecule has 0 radical (unpaired) electrons. The number of aliphatic imine (C=N–C) groups is 1. The molecule has 78 valence electrons. The van der Waals surface area contributed by atoms with Gasteiger partial charge in [0, 0.05) is 13.1 Å². The Hall–Kier alpha value is -0.530. The molecule has 0 saturated carbocycles. The second-order valence-corrected chi connectivity index (χ2v) is 3.40. The average Bonchev–Trinajstić information content (AvgIpc) is 2.16. The Labute approximate surface area is 82.8 Å². The SMILES string of the molecule is CCCCCC/N=C/NCCCC. The predicted molar refractivity (Wildman–Crippen MR) is 60.4 cm³/mol. The monoisotopic (exact) mass is 184 g/mol.